The van der Waals surface area contributed by atoms with Crippen LogP contribution in [0.5, 0.6) is 0 Å². The summed E-state index contributed by atoms with van der Waals surface area (Å²) >= 11 is 5.08. The fraction of sp³-hybridized carbons (Fsp3) is 0.0625. The van der Waals surface area contributed by atoms with E-state index in [2.05, 4.69) is 15.2 Å². The highest BCUT2D eigenvalue weighted by atomic mass is 32.1. The molecule has 6 heteroatoms. The lowest BCUT2D eigenvalue weighted by atomic mass is 10.2. The van der Waals surface area contributed by atoms with Gasteiger partial charge < -0.3 is 4.57 Å². The van der Waals surface area contributed by atoms with Crippen molar-refractivity contribution in [3.05, 3.63) is 64.7 Å². The van der Waals surface area contributed by atoms with Crippen LogP contribution in [0.15, 0.2) is 48.5 Å². The van der Waals surface area contributed by atoms with Gasteiger partial charge >= 0.3 is 0 Å². The number of fused-ring (bicyclic) bond motifs is 3. The molecule has 0 amide bonds. The molecule has 1 N–H and O–H groups in total. The van der Waals surface area contributed by atoms with Crippen molar-refractivity contribution in [3.8, 4) is 0 Å². The molecule has 0 radical (unpaired) electrons. The lowest BCUT2D eigenvalue weighted by Crippen LogP contribution is -2.01. The average Bonchev–Trinajstić information content (AvgIpc) is 2.81. The molecule has 2 aromatic heterocycles. The number of nitrogens with one attached hydrogen (secondary N) is 1. The van der Waals surface area contributed by atoms with Crippen LogP contribution in [0, 0.1) is 10.6 Å². The van der Waals surface area contributed by atoms with Gasteiger partial charge in [-0.05, 0) is 36.0 Å². The normalized spacial score (nSPS) is 11.3. The van der Waals surface area contributed by atoms with Crippen LogP contribution in [0.25, 0.3) is 22.1 Å². The summed E-state index contributed by atoms with van der Waals surface area (Å²) in [7, 11) is 0. The van der Waals surface area contributed by atoms with E-state index in [9.17, 15) is 4.39 Å². The minimum atomic E-state index is -0.296. The number of benzene rings is 2. The molecule has 2 heterocycles. The maximum atomic E-state index is 13.6. The first kappa shape index (κ1) is 13.1. The van der Waals surface area contributed by atoms with Crippen LogP contribution in [0.2, 0.25) is 0 Å². The summed E-state index contributed by atoms with van der Waals surface area (Å²) in [6.07, 6.45) is 0. The molecule has 0 atom stereocenters. The lowest BCUT2D eigenvalue weighted by Gasteiger charge is -2.06. The molecule has 0 saturated heterocycles. The standard InChI is InChI=1S/C16H11FN4S/c17-11-6-7-13-12(8-11)14-15(18-16(22)20-19-14)21(13)9-10-4-2-1-3-5-10/h1-8H,9H2,(H,18,20,22). The second kappa shape index (κ2) is 4.99. The third-order valence-electron chi connectivity index (χ3n) is 3.63. The first-order valence-electron chi connectivity index (χ1n) is 6.80. The van der Waals surface area contributed by atoms with Gasteiger partial charge in [-0.1, -0.05) is 30.3 Å². The van der Waals surface area contributed by atoms with Gasteiger partial charge in [0.25, 0.3) is 0 Å². The Balaban J connectivity index is 2.05. The van der Waals surface area contributed by atoms with Crippen molar-refractivity contribution in [2.45, 2.75) is 6.54 Å². The van der Waals surface area contributed by atoms with Gasteiger partial charge in [-0.25, -0.2) is 4.39 Å². The van der Waals surface area contributed by atoms with Gasteiger partial charge in [0.05, 0.1) is 5.52 Å². The summed E-state index contributed by atoms with van der Waals surface area (Å²) in [4.78, 5) is 4.38. The van der Waals surface area contributed by atoms with Crippen molar-refractivity contribution < 1.29 is 4.39 Å². The Morgan fingerprint density at radius 2 is 1.95 bits per heavy atom. The quantitative estimate of drug-likeness (QED) is 0.572. The monoisotopic (exact) mass is 310 g/mol. The van der Waals surface area contributed by atoms with Crippen LogP contribution in [-0.4, -0.2) is 19.7 Å². The van der Waals surface area contributed by atoms with Gasteiger partial charge in [-0.2, -0.15) is 10.1 Å². The smallest absolute Gasteiger partial charge is 0.215 e. The number of hydrogen-bond acceptors (Lipinski definition) is 3. The highest BCUT2D eigenvalue weighted by molar-refractivity contribution is 7.71. The summed E-state index contributed by atoms with van der Waals surface area (Å²) in [5, 5.41) is 7.64. The topological polar surface area (TPSA) is 46.5 Å². The zero-order valence-electron chi connectivity index (χ0n) is 11.5. The number of H-pyrrole nitrogens is 1. The van der Waals surface area contributed by atoms with E-state index >= 15 is 0 Å². The number of rotatable bonds is 2. The Morgan fingerprint density at radius 3 is 2.77 bits per heavy atom. The zero-order valence-corrected chi connectivity index (χ0v) is 12.3. The molecule has 108 valence electrons. The van der Waals surface area contributed by atoms with Crippen LogP contribution >= 0.6 is 12.2 Å². The van der Waals surface area contributed by atoms with Gasteiger partial charge in [0.1, 0.15) is 11.3 Å². The van der Waals surface area contributed by atoms with Crippen molar-refractivity contribution >= 4 is 34.3 Å². The molecule has 0 aliphatic carbocycles. The van der Waals surface area contributed by atoms with Crippen molar-refractivity contribution in [1.29, 1.82) is 0 Å². The zero-order chi connectivity index (χ0) is 15.1. The molecule has 0 aliphatic heterocycles. The molecule has 0 fully saturated rings. The van der Waals surface area contributed by atoms with E-state index in [4.69, 9.17) is 12.2 Å². The molecule has 0 spiro atoms. The number of halogens is 1. The number of hydrogen-bond donors (Lipinski definition) is 1. The number of aromatic amines is 1. The molecule has 0 aliphatic rings. The number of aromatic nitrogens is 4. The molecule has 0 saturated carbocycles. The molecule has 4 aromatic rings. The average molecular weight is 310 g/mol. The van der Waals surface area contributed by atoms with Crippen molar-refractivity contribution in [2.75, 3.05) is 0 Å². The third-order valence-corrected chi connectivity index (χ3v) is 3.81. The Morgan fingerprint density at radius 1 is 1.14 bits per heavy atom. The summed E-state index contributed by atoms with van der Waals surface area (Å²) in [5.74, 6) is -0.296. The Hall–Kier alpha value is -2.60. The van der Waals surface area contributed by atoms with Crippen molar-refractivity contribution in [3.63, 3.8) is 0 Å². The van der Waals surface area contributed by atoms with Crippen molar-refractivity contribution in [2.24, 2.45) is 0 Å². The van der Waals surface area contributed by atoms with Gasteiger partial charge in [0.2, 0.25) is 4.77 Å². The first-order valence-corrected chi connectivity index (χ1v) is 7.21. The summed E-state index contributed by atoms with van der Waals surface area (Å²) in [5.41, 5.74) is 3.30. The molecular formula is C16H11FN4S. The van der Waals surface area contributed by atoms with Gasteiger partial charge in [-0.15, -0.1) is 0 Å². The van der Waals surface area contributed by atoms with E-state index in [0.717, 1.165) is 16.5 Å². The fourth-order valence-electron chi connectivity index (χ4n) is 2.67. The van der Waals surface area contributed by atoms with Crippen LogP contribution in [0.3, 0.4) is 0 Å². The maximum absolute atomic E-state index is 13.6. The Bertz CT molecular complexity index is 1040. The van der Waals surface area contributed by atoms with Crippen LogP contribution in [0.4, 0.5) is 4.39 Å². The largest absolute Gasteiger partial charge is 0.319 e. The Kier molecular flexibility index (Phi) is 2.97. The molecule has 4 nitrogen and oxygen atoms in total. The van der Waals surface area contributed by atoms with Gasteiger partial charge in [0, 0.05) is 11.9 Å². The SMILES string of the molecule is Fc1ccc2c(c1)c1n[nH]c(=S)nc1n2Cc1ccccc1. The van der Waals surface area contributed by atoms with Gasteiger partial charge in [-0.3, -0.25) is 5.10 Å². The predicted molar refractivity (Wildman–Crippen MR) is 85.7 cm³/mol. The van der Waals surface area contributed by atoms with E-state index in [1.807, 2.05) is 34.9 Å². The minimum Gasteiger partial charge on any atom is -0.319 e. The van der Waals surface area contributed by atoms with E-state index in [1.165, 1.54) is 12.1 Å². The summed E-state index contributed by atoms with van der Waals surface area (Å²) < 4.78 is 15.9. The van der Waals surface area contributed by atoms with E-state index < -0.39 is 0 Å². The minimum absolute atomic E-state index is 0.296. The van der Waals surface area contributed by atoms with E-state index in [0.29, 0.717) is 22.5 Å². The Labute approximate surface area is 130 Å². The van der Waals surface area contributed by atoms with Crippen molar-refractivity contribution in [1.82, 2.24) is 19.7 Å². The second-order valence-corrected chi connectivity index (χ2v) is 5.43. The summed E-state index contributed by atoms with van der Waals surface area (Å²) in [6, 6.07) is 14.7. The highest BCUT2D eigenvalue weighted by Crippen LogP contribution is 2.27. The molecular weight excluding hydrogens is 299 g/mol. The van der Waals surface area contributed by atoms with Crippen LogP contribution in [0.1, 0.15) is 5.56 Å². The fourth-order valence-corrected chi connectivity index (χ4v) is 2.80. The highest BCUT2D eigenvalue weighted by Gasteiger charge is 2.14. The molecule has 0 unspecified atom stereocenters. The first-order chi connectivity index (χ1) is 10.7. The molecule has 0 bridgehead atoms. The lowest BCUT2D eigenvalue weighted by molar-refractivity contribution is 0.629. The predicted octanol–water partition coefficient (Wildman–Crippen LogP) is 3.83. The molecule has 4 rings (SSSR count). The molecule has 2 aromatic carbocycles. The molecule has 22 heavy (non-hydrogen) atoms. The van der Waals surface area contributed by atoms with E-state index in [-0.39, 0.29) is 5.82 Å². The van der Waals surface area contributed by atoms with Crippen LogP contribution < -0.4 is 0 Å². The van der Waals surface area contributed by atoms with Gasteiger partial charge in [0.15, 0.2) is 5.65 Å². The maximum Gasteiger partial charge on any atom is 0.215 e. The van der Waals surface area contributed by atoms with Crippen LogP contribution in [-0.2, 0) is 6.54 Å². The second-order valence-electron chi connectivity index (χ2n) is 5.05. The number of nitrogens with zero attached hydrogens (tertiary/aromatic N) is 3. The van der Waals surface area contributed by atoms with E-state index in [1.54, 1.807) is 6.07 Å². The third kappa shape index (κ3) is 2.08. The summed E-state index contributed by atoms with van der Waals surface area (Å²) in [6.45, 7) is 0.625.